The number of hydrogen-bond donors (Lipinski definition) is 1. The lowest BCUT2D eigenvalue weighted by atomic mass is 10.2. The van der Waals surface area contributed by atoms with Gasteiger partial charge < -0.3 is 24.6 Å². The zero-order valence-corrected chi connectivity index (χ0v) is 16.5. The van der Waals surface area contributed by atoms with E-state index in [-0.39, 0.29) is 0 Å². The highest BCUT2D eigenvalue weighted by molar-refractivity contribution is 5.91. The molecule has 0 spiro atoms. The molecule has 3 aromatic rings. The molecule has 0 unspecified atom stereocenters. The van der Waals surface area contributed by atoms with Gasteiger partial charge in [0.2, 0.25) is 5.95 Å². The molecular weight excluding hydrogens is 354 g/mol. The second-order valence-electron chi connectivity index (χ2n) is 6.87. The van der Waals surface area contributed by atoms with E-state index in [4.69, 9.17) is 19.4 Å². The molecule has 1 aliphatic heterocycles. The van der Waals surface area contributed by atoms with Gasteiger partial charge in [0.15, 0.2) is 0 Å². The normalized spacial score (nSPS) is 14.9. The number of fused-ring (bicyclic) bond motifs is 1. The van der Waals surface area contributed by atoms with Crippen LogP contribution >= 0.6 is 0 Å². The van der Waals surface area contributed by atoms with Crippen LogP contribution in [-0.4, -0.2) is 62.3 Å². The molecule has 0 radical (unpaired) electrons. The first-order valence-corrected chi connectivity index (χ1v) is 9.37. The first-order chi connectivity index (χ1) is 13.7. The molecule has 1 N–H and O–H groups in total. The van der Waals surface area contributed by atoms with Crippen LogP contribution in [0.2, 0.25) is 0 Å². The maximum Gasteiger partial charge on any atom is 0.229 e. The van der Waals surface area contributed by atoms with E-state index in [0.29, 0.717) is 11.7 Å². The van der Waals surface area contributed by atoms with E-state index in [0.717, 1.165) is 54.3 Å². The van der Waals surface area contributed by atoms with Crippen molar-refractivity contribution in [3.63, 3.8) is 0 Å². The summed E-state index contributed by atoms with van der Waals surface area (Å²) in [5, 5.41) is 4.38. The van der Waals surface area contributed by atoms with Gasteiger partial charge >= 0.3 is 0 Å². The maximum absolute atomic E-state index is 5.49. The Morgan fingerprint density at radius 1 is 0.929 bits per heavy atom. The Labute approximate surface area is 164 Å². The lowest BCUT2D eigenvalue weighted by molar-refractivity contribution is 0.312. The summed E-state index contributed by atoms with van der Waals surface area (Å²) >= 11 is 0. The number of anilines is 3. The molecule has 2 heterocycles. The third kappa shape index (κ3) is 3.66. The summed E-state index contributed by atoms with van der Waals surface area (Å²) in [6.45, 7) is 3.94. The van der Waals surface area contributed by atoms with Crippen molar-refractivity contribution in [2.45, 2.75) is 0 Å². The van der Waals surface area contributed by atoms with Gasteiger partial charge in [-0.15, -0.1) is 0 Å². The van der Waals surface area contributed by atoms with Gasteiger partial charge in [0, 0.05) is 37.6 Å². The molecule has 0 saturated carbocycles. The minimum absolute atomic E-state index is 0.552. The number of likely N-dealkylation sites (N-methyl/N-ethyl adjacent to an activating group) is 1. The van der Waals surface area contributed by atoms with Crippen LogP contribution in [0.3, 0.4) is 0 Å². The summed E-state index contributed by atoms with van der Waals surface area (Å²) in [6, 6.07) is 13.8. The van der Waals surface area contributed by atoms with Crippen molar-refractivity contribution in [3.8, 4) is 11.5 Å². The van der Waals surface area contributed by atoms with Crippen LogP contribution in [0.4, 0.5) is 17.5 Å². The number of para-hydroxylation sites is 1. The molecule has 0 atom stereocenters. The number of benzene rings is 2. The van der Waals surface area contributed by atoms with Crippen molar-refractivity contribution < 1.29 is 9.47 Å². The fraction of sp³-hybridized carbons (Fsp3) is 0.333. The SMILES string of the molecule is COc1ccc(Nc2nc(N3CCN(C)CC3)c3ccccc3n2)c(OC)c1. The first kappa shape index (κ1) is 18.3. The molecule has 146 valence electrons. The molecule has 7 heteroatoms. The lowest BCUT2D eigenvalue weighted by Crippen LogP contribution is -2.45. The molecule has 1 fully saturated rings. The van der Waals surface area contributed by atoms with E-state index in [1.165, 1.54) is 0 Å². The van der Waals surface area contributed by atoms with Gasteiger partial charge in [0.05, 0.1) is 25.4 Å². The number of ether oxygens (including phenoxy) is 2. The van der Waals surface area contributed by atoms with Crippen LogP contribution in [0.15, 0.2) is 42.5 Å². The summed E-state index contributed by atoms with van der Waals surface area (Å²) < 4.78 is 10.8. The number of piperazine rings is 1. The van der Waals surface area contributed by atoms with Crippen LogP contribution in [0.25, 0.3) is 10.9 Å². The van der Waals surface area contributed by atoms with Gasteiger partial charge in [-0.3, -0.25) is 0 Å². The van der Waals surface area contributed by atoms with Crippen molar-refractivity contribution >= 4 is 28.4 Å². The predicted molar refractivity (Wildman–Crippen MR) is 112 cm³/mol. The second kappa shape index (κ2) is 7.90. The van der Waals surface area contributed by atoms with E-state index < -0.39 is 0 Å². The summed E-state index contributed by atoms with van der Waals surface area (Å²) in [5.74, 6) is 2.93. The molecule has 0 aliphatic carbocycles. The molecule has 0 bridgehead atoms. The van der Waals surface area contributed by atoms with Crippen LogP contribution in [0, 0.1) is 0 Å². The van der Waals surface area contributed by atoms with E-state index in [1.807, 2.05) is 36.4 Å². The molecule has 1 saturated heterocycles. The highest BCUT2D eigenvalue weighted by Gasteiger charge is 2.19. The largest absolute Gasteiger partial charge is 0.497 e. The Balaban J connectivity index is 1.72. The van der Waals surface area contributed by atoms with Gasteiger partial charge in [-0.25, -0.2) is 4.98 Å². The predicted octanol–water partition coefficient (Wildman–Crippen LogP) is 3.14. The lowest BCUT2D eigenvalue weighted by Gasteiger charge is -2.33. The molecule has 4 rings (SSSR count). The van der Waals surface area contributed by atoms with E-state index in [1.54, 1.807) is 14.2 Å². The zero-order chi connectivity index (χ0) is 19.5. The highest BCUT2D eigenvalue weighted by Crippen LogP contribution is 2.32. The van der Waals surface area contributed by atoms with Gasteiger partial charge in [-0.05, 0) is 31.3 Å². The fourth-order valence-electron chi connectivity index (χ4n) is 3.40. The topological polar surface area (TPSA) is 62.8 Å². The Morgan fingerprint density at radius 3 is 2.46 bits per heavy atom. The van der Waals surface area contributed by atoms with E-state index >= 15 is 0 Å². The van der Waals surface area contributed by atoms with Crippen LogP contribution in [0.1, 0.15) is 0 Å². The summed E-state index contributed by atoms with van der Waals surface area (Å²) in [7, 11) is 5.42. The van der Waals surface area contributed by atoms with Crippen molar-refractivity contribution in [2.75, 3.05) is 57.7 Å². The minimum Gasteiger partial charge on any atom is -0.497 e. The number of methoxy groups -OCH3 is 2. The Kier molecular flexibility index (Phi) is 5.16. The average Bonchev–Trinajstić information content (AvgIpc) is 2.74. The average molecular weight is 379 g/mol. The number of nitrogens with zero attached hydrogens (tertiary/aromatic N) is 4. The quantitative estimate of drug-likeness (QED) is 0.731. The third-order valence-corrected chi connectivity index (χ3v) is 5.04. The summed E-state index contributed by atoms with van der Waals surface area (Å²) in [5.41, 5.74) is 1.71. The zero-order valence-electron chi connectivity index (χ0n) is 16.5. The fourth-order valence-corrected chi connectivity index (χ4v) is 3.40. The molecule has 0 amide bonds. The van der Waals surface area contributed by atoms with E-state index in [9.17, 15) is 0 Å². The first-order valence-electron chi connectivity index (χ1n) is 9.37. The van der Waals surface area contributed by atoms with Crippen LogP contribution in [-0.2, 0) is 0 Å². The number of hydrogen-bond acceptors (Lipinski definition) is 7. The third-order valence-electron chi connectivity index (χ3n) is 5.04. The summed E-state index contributed by atoms with van der Waals surface area (Å²) in [6.07, 6.45) is 0. The maximum atomic E-state index is 5.49. The second-order valence-corrected chi connectivity index (χ2v) is 6.87. The minimum atomic E-state index is 0.552. The number of nitrogens with one attached hydrogen (secondary N) is 1. The smallest absolute Gasteiger partial charge is 0.229 e. The number of rotatable bonds is 5. The monoisotopic (exact) mass is 379 g/mol. The highest BCUT2D eigenvalue weighted by atomic mass is 16.5. The van der Waals surface area contributed by atoms with Gasteiger partial charge in [-0.1, -0.05) is 12.1 Å². The standard InChI is InChI=1S/C21H25N5O2/c1-25-10-12-26(13-11-25)20-16-6-4-5-7-17(16)22-21(24-20)23-18-9-8-15(27-2)14-19(18)28-3/h4-9,14H,10-13H2,1-3H3,(H,22,23,24). The van der Waals surface area contributed by atoms with Crippen molar-refractivity contribution in [2.24, 2.45) is 0 Å². The molecule has 28 heavy (non-hydrogen) atoms. The Bertz CT molecular complexity index is 970. The van der Waals surface area contributed by atoms with Gasteiger partial charge in [-0.2, -0.15) is 4.98 Å². The molecule has 2 aromatic carbocycles. The van der Waals surface area contributed by atoms with Crippen LogP contribution < -0.4 is 19.7 Å². The van der Waals surface area contributed by atoms with Crippen LogP contribution in [0.5, 0.6) is 11.5 Å². The Hall–Kier alpha value is -3.06. The van der Waals surface area contributed by atoms with Gasteiger partial charge in [0.1, 0.15) is 17.3 Å². The molecule has 7 nitrogen and oxygen atoms in total. The molecular formula is C21H25N5O2. The summed E-state index contributed by atoms with van der Waals surface area (Å²) in [4.78, 5) is 14.2. The van der Waals surface area contributed by atoms with Gasteiger partial charge in [0.25, 0.3) is 0 Å². The van der Waals surface area contributed by atoms with Crippen molar-refractivity contribution in [3.05, 3.63) is 42.5 Å². The van der Waals surface area contributed by atoms with Crippen molar-refractivity contribution in [1.82, 2.24) is 14.9 Å². The Morgan fingerprint density at radius 2 is 1.71 bits per heavy atom. The molecule has 1 aromatic heterocycles. The van der Waals surface area contributed by atoms with E-state index in [2.05, 4.69) is 28.2 Å². The van der Waals surface area contributed by atoms with Crippen molar-refractivity contribution in [1.29, 1.82) is 0 Å². The molecule has 1 aliphatic rings. The number of aromatic nitrogens is 2.